The molecule has 0 bridgehead atoms. The van der Waals surface area contributed by atoms with Gasteiger partial charge in [-0.1, -0.05) is 18.5 Å². The minimum absolute atomic E-state index is 0.0241. The lowest BCUT2D eigenvalue weighted by Crippen LogP contribution is -2.40. The predicted octanol–water partition coefficient (Wildman–Crippen LogP) is 4.30. The van der Waals surface area contributed by atoms with Crippen LogP contribution in [0.2, 0.25) is 4.34 Å². The Morgan fingerprint density at radius 2 is 2.29 bits per heavy atom. The molecule has 1 fully saturated rings. The number of rotatable bonds is 5. The van der Waals surface area contributed by atoms with Gasteiger partial charge in [-0.05, 0) is 44.4 Å². The fraction of sp³-hybridized carbons (Fsp3) is 0.529. The molecule has 2 aromatic rings. The molecular weight excluding hydrogens is 362 g/mol. The number of nitrogens with zero attached hydrogens (tertiary/aromatic N) is 2. The van der Waals surface area contributed by atoms with Gasteiger partial charge < -0.3 is 10.2 Å². The molecule has 1 amide bonds. The van der Waals surface area contributed by atoms with Crippen LogP contribution < -0.4 is 5.32 Å². The molecule has 1 aliphatic heterocycles. The zero-order chi connectivity index (χ0) is 17.1. The molecule has 7 heteroatoms. The van der Waals surface area contributed by atoms with Gasteiger partial charge in [0, 0.05) is 19.6 Å². The summed E-state index contributed by atoms with van der Waals surface area (Å²) in [5, 5.41) is 3.90. The maximum atomic E-state index is 12.4. The van der Waals surface area contributed by atoms with Crippen LogP contribution in [0.1, 0.15) is 35.1 Å². The van der Waals surface area contributed by atoms with E-state index in [-0.39, 0.29) is 5.91 Å². The summed E-state index contributed by atoms with van der Waals surface area (Å²) < 4.78 is 0.736. The summed E-state index contributed by atoms with van der Waals surface area (Å²) in [7, 11) is 0. The van der Waals surface area contributed by atoms with Crippen molar-refractivity contribution in [3.8, 4) is 9.88 Å². The minimum atomic E-state index is -0.0241. The number of amides is 1. The van der Waals surface area contributed by atoms with Crippen molar-refractivity contribution in [2.75, 3.05) is 26.2 Å². The predicted molar refractivity (Wildman–Crippen MR) is 102 cm³/mol. The Kier molecular flexibility index (Phi) is 5.92. The van der Waals surface area contributed by atoms with E-state index in [1.165, 1.54) is 35.5 Å². The molecular formula is C17H22ClN3OS2. The summed E-state index contributed by atoms with van der Waals surface area (Å²) in [6.07, 6.45) is 2.58. The molecule has 1 atom stereocenters. The zero-order valence-corrected chi connectivity index (χ0v) is 16.4. The molecule has 3 rings (SSSR count). The molecule has 0 radical (unpaired) electrons. The second kappa shape index (κ2) is 7.95. The van der Waals surface area contributed by atoms with E-state index < -0.39 is 0 Å². The van der Waals surface area contributed by atoms with Gasteiger partial charge in [0.25, 0.3) is 5.91 Å². The topological polar surface area (TPSA) is 45.2 Å². The van der Waals surface area contributed by atoms with E-state index in [1.807, 2.05) is 19.1 Å². The second-order valence-electron chi connectivity index (χ2n) is 6.34. The van der Waals surface area contributed by atoms with Gasteiger partial charge in [-0.3, -0.25) is 4.79 Å². The smallest absolute Gasteiger partial charge is 0.263 e. The lowest BCUT2D eigenvalue weighted by molar-refractivity contribution is 0.0947. The van der Waals surface area contributed by atoms with Gasteiger partial charge >= 0.3 is 0 Å². The standard InChI is InChI=1S/C17H22ClN3OS2/c1-11-4-3-8-21(10-11)9-7-19-16(22)15-12(2)20-17(24-15)13-5-6-14(18)23-13/h5-6,11H,3-4,7-10H2,1-2H3,(H,19,22). The largest absolute Gasteiger partial charge is 0.350 e. The van der Waals surface area contributed by atoms with E-state index in [0.29, 0.717) is 11.4 Å². The number of nitrogens with one attached hydrogen (secondary N) is 1. The third-order valence-corrected chi connectivity index (χ3v) is 6.80. The number of halogens is 1. The molecule has 1 N–H and O–H groups in total. The van der Waals surface area contributed by atoms with Crippen molar-refractivity contribution in [3.63, 3.8) is 0 Å². The highest BCUT2D eigenvalue weighted by molar-refractivity contribution is 7.24. The maximum Gasteiger partial charge on any atom is 0.263 e. The first-order valence-corrected chi connectivity index (χ1v) is 10.3. The first kappa shape index (κ1) is 17.9. The summed E-state index contributed by atoms with van der Waals surface area (Å²) in [6, 6.07) is 3.81. The number of aryl methyl sites for hydroxylation is 1. The van der Waals surface area contributed by atoms with Crippen LogP contribution in [0.4, 0.5) is 0 Å². The van der Waals surface area contributed by atoms with Crippen molar-refractivity contribution in [2.24, 2.45) is 5.92 Å². The first-order chi connectivity index (χ1) is 11.5. The van der Waals surface area contributed by atoms with Crippen LogP contribution in [-0.2, 0) is 0 Å². The lowest BCUT2D eigenvalue weighted by Gasteiger charge is -2.30. The highest BCUT2D eigenvalue weighted by atomic mass is 35.5. The van der Waals surface area contributed by atoms with Crippen LogP contribution in [0.3, 0.4) is 0 Å². The monoisotopic (exact) mass is 383 g/mol. The Morgan fingerprint density at radius 3 is 3.00 bits per heavy atom. The zero-order valence-electron chi connectivity index (χ0n) is 14.0. The highest BCUT2D eigenvalue weighted by Crippen LogP contribution is 2.34. The van der Waals surface area contributed by atoms with Gasteiger partial charge in [0.2, 0.25) is 0 Å². The normalized spacial score (nSPS) is 18.7. The number of thiazole rings is 1. The third kappa shape index (κ3) is 4.36. The number of aromatic nitrogens is 1. The van der Waals surface area contributed by atoms with Gasteiger partial charge in [-0.25, -0.2) is 4.98 Å². The Labute approximate surface area is 155 Å². The van der Waals surface area contributed by atoms with Gasteiger partial charge in [0.15, 0.2) is 0 Å². The van der Waals surface area contributed by atoms with E-state index in [2.05, 4.69) is 22.1 Å². The molecule has 2 aromatic heterocycles. The summed E-state index contributed by atoms with van der Waals surface area (Å²) in [6.45, 7) is 8.06. The quantitative estimate of drug-likeness (QED) is 0.837. The van der Waals surface area contributed by atoms with E-state index >= 15 is 0 Å². The second-order valence-corrected chi connectivity index (χ2v) is 9.06. The van der Waals surface area contributed by atoms with Crippen LogP contribution in [0.5, 0.6) is 0 Å². The molecule has 3 heterocycles. The molecule has 0 saturated carbocycles. The number of carbonyl (C=O) groups excluding carboxylic acids is 1. The Bertz CT molecular complexity index is 713. The van der Waals surface area contributed by atoms with Crippen LogP contribution in [-0.4, -0.2) is 42.0 Å². The van der Waals surface area contributed by atoms with Crippen LogP contribution in [0, 0.1) is 12.8 Å². The number of likely N-dealkylation sites (tertiary alicyclic amines) is 1. The van der Waals surface area contributed by atoms with Crippen LogP contribution in [0.15, 0.2) is 12.1 Å². The molecule has 130 valence electrons. The Balaban J connectivity index is 1.56. The van der Waals surface area contributed by atoms with Crippen molar-refractivity contribution in [1.29, 1.82) is 0 Å². The van der Waals surface area contributed by atoms with Crippen molar-refractivity contribution >= 4 is 40.2 Å². The number of piperidine rings is 1. The van der Waals surface area contributed by atoms with Gasteiger partial charge in [-0.2, -0.15) is 0 Å². The minimum Gasteiger partial charge on any atom is -0.350 e. The summed E-state index contributed by atoms with van der Waals surface area (Å²) in [5.41, 5.74) is 0.781. The van der Waals surface area contributed by atoms with Gasteiger partial charge in [0.1, 0.15) is 9.88 Å². The van der Waals surface area contributed by atoms with Crippen molar-refractivity contribution in [2.45, 2.75) is 26.7 Å². The van der Waals surface area contributed by atoms with Gasteiger partial charge in [-0.15, -0.1) is 22.7 Å². The van der Waals surface area contributed by atoms with Crippen molar-refractivity contribution in [3.05, 3.63) is 27.0 Å². The number of thiophene rings is 1. The molecule has 1 unspecified atom stereocenters. The van der Waals surface area contributed by atoms with E-state index in [4.69, 9.17) is 11.6 Å². The Morgan fingerprint density at radius 1 is 1.46 bits per heavy atom. The van der Waals surface area contributed by atoms with E-state index in [1.54, 1.807) is 0 Å². The fourth-order valence-corrected chi connectivity index (χ4v) is 5.12. The van der Waals surface area contributed by atoms with Crippen molar-refractivity contribution in [1.82, 2.24) is 15.2 Å². The molecule has 0 aliphatic carbocycles. The van der Waals surface area contributed by atoms with Gasteiger partial charge in [0.05, 0.1) is 14.9 Å². The first-order valence-electron chi connectivity index (χ1n) is 8.26. The third-order valence-electron chi connectivity index (χ3n) is 4.24. The number of carbonyl (C=O) groups is 1. The number of hydrogen-bond donors (Lipinski definition) is 1. The fourth-order valence-electron chi connectivity index (χ4n) is 3.04. The molecule has 4 nitrogen and oxygen atoms in total. The van der Waals surface area contributed by atoms with Crippen LogP contribution >= 0.6 is 34.3 Å². The summed E-state index contributed by atoms with van der Waals surface area (Å²) in [5.74, 6) is 0.738. The highest BCUT2D eigenvalue weighted by Gasteiger charge is 2.18. The number of hydrogen-bond acceptors (Lipinski definition) is 5. The van der Waals surface area contributed by atoms with E-state index in [9.17, 15) is 4.79 Å². The molecule has 0 aromatic carbocycles. The maximum absolute atomic E-state index is 12.4. The van der Waals surface area contributed by atoms with Crippen LogP contribution in [0.25, 0.3) is 9.88 Å². The average molecular weight is 384 g/mol. The summed E-state index contributed by atoms with van der Waals surface area (Å²) in [4.78, 5) is 21.1. The van der Waals surface area contributed by atoms with Crippen molar-refractivity contribution < 1.29 is 4.79 Å². The Hall–Kier alpha value is -0.950. The SMILES string of the molecule is Cc1nc(-c2ccc(Cl)s2)sc1C(=O)NCCN1CCCC(C)C1. The molecule has 24 heavy (non-hydrogen) atoms. The molecule has 0 spiro atoms. The molecule has 1 aliphatic rings. The summed E-state index contributed by atoms with van der Waals surface area (Å²) >= 11 is 8.91. The van der Waals surface area contributed by atoms with E-state index in [0.717, 1.165) is 45.5 Å². The lowest BCUT2D eigenvalue weighted by atomic mass is 10.0. The molecule has 1 saturated heterocycles. The average Bonchev–Trinajstić information content (AvgIpc) is 3.13.